The van der Waals surface area contributed by atoms with Gasteiger partial charge in [-0.3, -0.25) is 9.67 Å². The lowest BCUT2D eigenvalue weighted by Gasteiger charge is -2.08. The Labute approximate surface area is 108 Å². The zero-order chi connectivity index (χ0) is 13.3. The molecule has 0 bridgehead atoms. The van der Waals surface area contributed by atoms with E-state index in [0.29, 0.717) is 0 Å². The van der Waals surface area contributed by atoms with Gasteiger partial charge < -0.3 is 5.73 Å². The van der Waals surface area contributed by atoms with Crippen LogP contribution in [0.25, 0.3) is 11.3 Å². The van der Waals surface area contributed by atoms with Gasteiger partial charge in [-0.05, 0) is 31.4 Å². The summed E-state index contributed by atoms with van der Waals surface area (Å²) in [7, 11) is 1.98. The predicted molar refractivity (Wildman–Crippen MR) is 74.3 cm³/mol. The van der Waals surface area contributed by atoms with Gasteiger partial charge in [-0.2, -0.15) is 5.10 Å². The van der Waals surface area contributed by atoms with Gasteiger partial charge >= 0.3 is 0 Å². The minimum atomic E-state index is 0.729. The molecule has 0 fully saturated rings. The van der Waals surface area contributed by atoms with Gasteiger partial charge in [0.15, 0.2) is 0 Å². The van der Waals surface area contributed by atoms with Gasteiger partial charge in [-0.25, -0.2) is 0 Å². The van der Waals surface area contributed by atoms with Gasteiger partial charge in [0.1, 0.15) is 0 Å². The highest BCUT2D eigenvalue weighted by atomic mass is 15.3. The Hall–Kier alpha value is -1.84. The van der Waals surface area contributed by atoms with E-state index in [-0.39, 0.29) is 0 Å². The SMILES string of the molecule is CCc1nn(C)c(CC)c1-c1ncc(C)cc1N. The van der Waals surface area contributed by atoms with Gasteiger partial charge in [0.2, 0.25) is 0 Å². The number of hydrogen-bond acceptors (Lipinski definition) is 3. The first kappa shape index (κ1) is 12.6. The van der Waals surface area contributed by atoms with Crippen LogP contribution in [0.5, 0.6) is 0 Å². The van der Waals surface area contributed by atoms with Crippen LogP contribution in [-0.2, 0) is 19.9 Å². The number of rotatable bonds is 3. The van der Waals surface area contributed by atoms with E-state index < -0.39 is 0 Å². The molecule has 0 aliphatic heterocycles. The second kappa shape index (κ2) is 4.80. The second-order valence-electron chi connectivity index (χ2n) is 4.55. The van der Waals surface area contributed by atoms with E-state index in [1.807, 2.05) is 30.9 Å². The third kappa shape index (κ3) is 1.98. The van der Waals surface area contributed by atoms with Crippen LogP contribution in [0, 0.1) is 6.92 Å². The fraction of sp³-hybridized carbons (Fsp3) is 0.429. The van der Waals surface area contributed by atoms with Gasteiger partial charge in [0.25, 0.3) is 0 Å². The molecule has 4 heteroatoms. The maximum atomic E-state index is 6.11. The van der Waals surface area contributed by atoms with Crippen molar-refractivity contribution in [2.24, 2.45) is 7.05 Å². The van der Waals surface area contributed by atoms with Crippen molar-refractivity contribution >= 4 is 5.69 Å². The largest absolute Gasteiger partial charge is 0.397 e. The number of nitrogens with two attached hydrogens (primary N) is 1. The van der Waals surface area contributed by atoms with Crippen molar-refractivity contribution in [1.29, 1.82) is 0 Å². The van der Waals surface area contributed by atoms with Crippen molar-refractivity contribution in [2.75, 3.05) is 5.73 Å². The van der Waals surface area contributed by atoms with Crippen LogP contribution in [0.2, 0.25) is 0 Å². The lowest BCUT2D eigenvalue weighted by molar-refractivity contribution is 0.705. The van der Waals surface area contributed by atoms with Crippen LogP contribution in [-0.4, -0.2) is 14.8 Å². The summed E-state index contributed by atoms with van der Waals surface area (Å²) in [5, 5.41) is 4.56. The second-order valence-corrected chi connectivity index (χ2v) is 4.55. The summed E-state index contributed by atoms with van der Waals surface area (Å²) in [6.45, 7) is 6.23. The summed E-state index contributed by atoms with van der Waals surface area (Å²) in [6, 6.07) is 1.97. The first-order chi connectivity index (χ1) is 8.58. The van der Waals surface area contributed by atoms with E-state index in [0.717, 1.165) is 41.0 Å². The molecule has 4 nitrogen and oxygen atoms in total. The Bertz CT molecular complexity index is 569. The minimum Gasteiger partial charge on any atom is -0.397 e. The van der Waals surface area contributed by atoms with Crippen LogP contribution >= 0.6 is 0 Å². The molecule has 0 aliphatic carbocycles. The molecular weight excluding hydrogens is 224 g/mol. The Morgan fingerprint density at radius 1 is 1.28 bits per heavy atom. The van der Waals surface area contributed by atoms with E-state index in [1.165, 1.54) is 5.69 Å². The highest BCUT2D eigenvalue weighted by molar-refractivity contribution is 5.76. The number of aryl methyl sites for hydroxylation is 3. The fourth-order valence-corrected chi connectivity index (χ4v) is 2.35. The topological polar surface area (TPSA) is 56.7 Å². The molecule has 0 saturated heterocycles. The molecule has 96 valence electrons. The molecular formula is C14H20N4. The summed E-state index contributed by atoms with van der Waals surface area (Å²) in [6.07, 6.45) is 3.67. The zero-order valence-corrected chi connectivity index (χ0v) is 11.5. The lowest BCUT2D eigenvalue weighted by Crippen LogP contribution is -2.00. The highest BCUT2D eigenvalue weighted by Gasteiger charge is 2.18. The van der Waals surface area contributed by atoms with Gasteiger partial charge in [0.05, 0.1) is 17.1 Å². The average molecular weight is 244 g/mol. The van der Waals surface area contributed by atoms with Crippen LogP contribution < -0.4 is 5.73 Å². The van der Waals surface area contributed by atoms with Crippen molar-refractivity contribution in [1.82, 2.24) is 14.8 Å². The molecule has 0 aromatic carbocycles. The average Bonchev–Trinajstić information content (AvgIpc) is 2.65. The van der Waals surface area contributed by atoms with Gasteiger partial charge in [0, 0.05) is 24.5 Å². The quantitative estimate of drug-likeness (QED) is 0.902. The number of pyridine rings is 1. The van der Waals surface area contributed by atoms with Crippen LogP contribution in [0.3, 0.4) is 0 Å². The maximum absolute atomic E-state index is 6.11. The first-order valence-electron chi connectivity index (χ1n) is 6.35. The predicted octanol–water partition coefficient (Wildman–Crippen LogP) is 2.50. The monoisotopic (exact) mass is 244 g/mol. The summed E-state index contributed by atoms with van der Waals surface area (Å²) in [5.74, 6) is 0. The van der Waals surface area contributed by atoms with E-state index >= 15 is 0 Å². The molecule has 0 atom stereocenters. The molecule has 2 heterocycles. The van der Waals surface area contributed by atoms with Crippen LogP contribution in [0.1, 0.15) is 30.8 Å². The summed E-state index contributed by atoms with van der Waals surface area (Å²) in [4.78, 5) is 4.50. The number of aromatic nitrogens is 3. The van der Waals surface area contributed by atoms with Crippen molar-refractivity contribution in [3.8, 4) is 11.3 Å². The lowest BCUT2D eigenvalue weighted by atomic mass is 10.0. The molecule has 0 spiro atoms. The molecule has 0 unspecified atom stereocenters. The molecule has 2 aromatic rings. The van der Waals surface area contributed by atoms with Crippen molar-refractivity contribution < 1.29 is 0 Å². The first-order valence-corrected chi connectivity index (χ1v) is 6.35. The summed E-state index contributed by atoms with van der Waals surface area (Å²) >= 11 is 0. The Morgan fingerprint density at radius 2 is 2.00 bits per heavy atom. The molecule has 18 heavy (non-hydrogen) atoms. The van der Waals surface area contributed by atoms with Crippen LogP contribution in [0.4, 0.5) is 5.69 Å². The smallest absolute Gasteiger partial charge is 0.0968 e. The van der Waals surface area contributed by atoms with E-state index in [1.54, 1.807) is 0 Å². The summed E-state index contributed by atoms with van der Waals surface area (Å²) in [5.41, 5.74) is 12.2. The molecule has 0 saturated carbocycles. The Balaban J connectivity index is 2.69. The molecule has 2 aromatic heterocycles. The molecule has 0 amide bonds. The normalized spacial score (nSPS) is 10.9. The number of anilines is 1. The van der Waals surface area contributed by atoms with E-state index in [2.05, 4.69) is 23.9 Å². The number of nitrogens with zero attached hydrogens (tertiary/aromatic N) is 3. The van der Waals surface area contributed by atoms with E-state index in [9.17, 15) is 0 Å². The highest BCUT2D eigenvalue weighted by Crippen LogP contribution is 2.31. The fourth-order valence-electron chi connectivity index (χ4n) is 2.35. The van der Waals surface area contributed by atoms with Crippen molar-refractivity contribution in [2.45, 2.75) is 33.6 Å². The summed E-state index contributed by atoms with van der Waals surface area (Å²) < 4.78 is 1.94. The third-order valence-corrected chi connectivity index (χ3v) is 3.20. The third-order valence-electron chi connectivity index (χ3n) is 3.20. The van der Waals surface area contributed by atoms with Gasteiger partial charge in [-0.15, -0.1) is 0 Å². The number of hydrogen-bond donors (Lipinski definition) is 1. The molecule has 2 rings (SSSR count). The molecule has 2 N–H and O–H groups in total. The Morgan fingerprint density at radius 3 is 2.56 bits per heavy atom. The minimum absolute atomic E-state index is 0.729. The zero-order valence-electron chi connectivity index (χ0n) is 11.5. The van der Waals surface area contributed by atoms with Crippen LogP contribution in [0.15, 0.2) is 12.3 Å². The van der Waals surface area contributed by atoms with E-state index in [4.69, 9.17) is 5.73 Å². The standard InChI is InChI=1S/C14H20N4/c1-5-11-13(12(6-2)18(4)17-11)14-10(15)7-9(3)8-16-14/h7-8H,5-6,15H2,1-4H3. The maximum Gasteiger partial charge on any atom is 0.0968 e. The van der Waals surface area contributed by atoms with Crippen molar-refractivity contribution in [3.05, 3.63) is 29.2 Å². The van der Waals surface area contributed by atoms with Gasteiger partial charge in [-0.1, -0.05) is 13.8 Å². The Kier molecular flexibility index (Phi) is 3.36. The molecule has 0 radical (unpaired) electrons. The van der Waals surface area contributed by atoms with Crippen molar-refractivity contribution in [3.63, 3.8) is 0 Å². The number of nitrogen functional groups attached to an aromatic ring is 1. The molecule has 0 aliphatic rings.